The fourth-order valence-corrected chi connectivity index (χ4v) is 1.27. The molecule has 0 saturated carbocycles. The Hall–Kier alpha value is -1.35. The van der Waals surface area contributed by atoms with Crippen LogP contribution in [0.2, 0.25) is 5.02 Å². The van der Waals surface area contributed by atoms with Crippen molar-refractivity contribution in [3.8, 4) is 0 Å². The van der Waals surface area contributed by atoms with E-state index >= 15 is 0 Å². The van der Waals surface area contributed by atoms with Crippen molar-refractivity contribution in [2.45, 2.75) is 6.42 Å². The number of carbonyl (C=O) groups excluding carboxylic acids is 1. The van der Waals surface area contributed by atoms with E-state index in [1.165, 1.54) is 5.01 Å². The van der Waals surface area contributed by atoms with Crippen molar-refractivity contribution in [1.82, 2.24) is 0 Å². The summed E-state index contributed by atoms with van der Waals surface area (Å²) in [6.07, 6.45) is 1.97. The fraction of sp³-hybridized carbons (Fsp3) is 0.111. The van der Waals surface area contributed by atoms with Crippen LogP contribution in [0.4, 0.5) is 5.69 Å². The molecule has 0 fully saturated rings. The largest absolute Gasteiger partial charge is 0.272 e. The van der Waals surface area contributed by atoms with Gasteiger partial charge in [-0.1, -0.05) is 11.6 Å². The number of amides is 1. The van der Waals surface area contributed by atoms with Gasteiger partial charge in [0.25, 0.3) is 5.91 Å². The lowest BCUT2D eigenvalue weighted by Crippen LogP contribution is -2.19. The lowest BCUT2D eigenvalue weighted by molar-refractivity contribution is -0.116. The molecule has 3 nitrogen and oxygen atoms in total. The smallest absolute Gasteiger partial charge is 0.252 e. The van der Waals surface area contributed by atoms with Gasteiger partial charge in [-0.3, -0.25) is 4.79 Å². The number of nitrogens with zero attached hydrogens (tertiary/aromatic N) is 2. The molecule has 1 aliphatic rings. The summed E-state index contributed by atoms with van der Waals surface area (Å²) in [5.41, 5.74) is 0.753. The van der Waals surface area contributed by atoms with Crippen LogP contribution < -0.4 is 5.01 Å². The van der Waals surface area contributed by atoms with Crippen LogP contribution in [0.3, 0.4) is 0 Å². The molecule has 1 aliphatic heterocycles. The topological polar surface area (TPSA) is 32.7 Å². The third kappa shape index (κ3) is 1.55. The first kappa shape index (κ1) is 8.26. The first-order valence-corrected chi connectivity index (χ1v) is 4.26. The van der Waals surface area contributed by atoms with Crippen LogP contribution >= 0.6 is 11.6 Å². The van der Waals surface area contributed by atoms with E-state index in [0.29, 0.717) is 11.4 Å². The lowest BCUT2D eigenvalue weighted by atomic mass is 10.3. The Bertz CT molecular complexity index is 358. The molecule has 1 aromatic carbocycles. The van der Waals surface area contributed by atoms with E-state index in [4.69, 9.17) is 11.6 Å². The van der Waals surface area contributed by atoms with Crippen molar-refractivity contribution in [3.63, 3.8) is 0 Å². The Morgan fingerprint density at radius 1 is 1.31 bits per heavy atom. The summed E-state index contributed by atoms with van der Waals surface area (Å²) in [7, 11) is 0. The van der Waals surface area contributed by atoms with Crippen LogP contribution in [0.15, 0.2) is 29.4 Å². The Balaban J connectivity index is 2.30. The Labute approximate surface area is 80.6 Å². The highest BCUT2D eigenvalue weighted by Gasteiger charge is 2.17. The molecule has 1 heterocycles. The number of hydrogen-bond acceptors (Lipinski definition) is 2. The summed E-state index contributed by atoms with van der Waals surface area (Å²) in [4.78, 5) is 11.2. The van der Waals surface area contributed by atoms with E-state index in [1.54, 1.807) is 30.5 Å². The average Bonchev–Trinajstić information content (AvgIpc) is 2.53. The molecule has 0 unspecified atom stereocenters. The van der Waals surface area contributed by atoms with E-state index in [0.717, 1.165) is 5.69 Å². The first-order chi connectivity index (χ1) is 6.27. The highest BCUT2D eigenvalue weighted by atomic mass is 35.5. The number of anilines is 1. The van der Waals surface area contributed by atoms with Crippen molar-refractivity contribution < 1.29 is 4.79 Å². The van der Waals surface area contributed by atoms with Gasteiger partial charge < -0.3 is 0 Å². The molecule has 4 heteroatoms. The molecular weight excluding hydrogens is 188 g/mol. The summed E-state index contributed by atoms with van der Waals surface area (Å²) < 4.78 is 0. The fourth-order valence-electron chi connectivity index (χ4n) is 1.14. The van der Waals surface area contributed by atoms with Gasteiger partial charge in [0, 0.05) is 11.2 Å². The Morgan fingerprint density at radius 2 is 2.00 bits per heavy atom. The van der Waals surface area contributed by atoms with Gasteiger partial charge in [0.05, 0.1) is 12.1 Å². The molecule has 0 aromatic heterocycles. The van der Waals surface area contributed by atoms with Gasteiger partial charge in [-0.15, -0.1) is 0 Å². The van der Waals surface area contributed by atoms with Crippen LogP contribution in [0.5, 0.6) is 0 Å². The number of hydrogen-bond donors (Lipinski definition) is 0. The summed E-state index contributed by atoms with van der Waals surface area (Å²) >= 11 is 5.71. The summed E-state index contributed by atoms with van der Waals surface area (Å²) in [5.74, 6) is -0.0117. The monoisotopic (exact) mass is 194 g/mol. The minimum absolute atomic E-state index is 0.0117. The van der Waals surface area contributed by atoms with Crippen LogP contribution in [0.1, 0.15) is 6.42 Å². The molecule has 0 bridgehead atoms. The van der Waals surface area contributed by atoms with Gasteiger partial charge in [0.2, 0.25) is 0 Å². The summed E-state index contributed by atoms with van der Waals surface area (Å²) in [5, 5.41) is 5.96. The lowest BCUT2D eigenvalue weighted by Gasteiger charge is -2.10. The van der Waals surface area contributed by atoms with Crippen LogP contribution in [-0.2, 0) is 4.79 Å². The zero-order valence-electron chi connectivity index (χ0n) is 6.77. The summed E-state index contributed by atoms with van der Waals surface area (Å²) in [6, 6.07) is 7.00. The van der Waals surface area contributed by atoms with Gasteiger partial charge >= 0.3 is 0 Å². The standard InChI is InChI=1S/C9H7ClN2O/c10-7-1-3-8(4-2-7)12-9(13)5-6-11-12/h1-4,6H,5H2. The molecule has 2 rings (SSSR count). The highest BCUT2D eigenvalue weighted by Crippen LogP contribution is 2.20. The van der Waals surface area contributed by atoms with Crippen LogP contribution in [0.25, 0.3) is 0 Å². The normalized spacial score (nSPS) is 15.5. The van der Waals surface area contributed by atoms with E-state index < -0.39 is 0 Å². The van der Waals surface area contributed by atoms with E-state index in [1.807, 2.05) is 0 Å². The Kier molecular flexibility index (Phi) is 2.02. The number of carbonyl (C=O) groups is 1. The predicted molar refractivity (Wildman–Crippen MR) is 52.0 cm³/mol. The van der Waals surface area contributed by atoms with Crippen molar-refractivity contribution in [2.75, 3.05) is 5.01 Å². The maximum atomic E-state index is 11.2. The molecule has 0 spiro atoms. The molecule has 0 N–H and O–H groups in total. The van der Waals surface area contributed by atoms with Crippen LogP contribution in [-0.4, -0.2) is 12.1 Å². The van der Waals surface area contributed by atoms with Gasteiger partial charge in [-0.05, 0) is 24.3 Å². The van der Waals surface area contributed by atoms with Crippen LogP contribution in [0, 0.1) is 0 Å². The minimum atomic E-state index is -0.0117. The molecule has 0 saturated heterocycles. The van der Waals surface area contributed by atoms with Crippen molar-refractivity contribution in [1.29, 1.82) is 0 Å². The maximum Gasteiger partial charge on any atom is 0.252 e. The second-order valence-electron chi connectivity index (χ2n) is 2.68. The Morgan fingerprint density at radius 3 is 2.54 bits per heavy atom. The molecule has 66 valence electrons. The molecule has 0 radical (unpaired) electrons. The molecule has 1 amide bonds. The third-order valence-corrected chi connectivity index (χ3v) is 2.02. The quantitative estimate of drug-likeness (QED) is 0.674. The molecule has 1 aromatic rings. The number of halogens is 1. The van der Waals surface area contributed by atoms with Crippen molar-refractivity contribution in [3.05, 3.63) is 29.3 Å². The molecular formula is C9H7ClN2O. The molecule has 0 atom stereocenters. The van der Waals surface area contributed by atoms with Gasteiger partial charge in [0.1, 0.15) is 0 Å². The van der Waals surface area contributed by atoms with Crippen molar-refractivity contribution in [2.24, 2.45) is 5.10 Å². The third-order valence-electron chi connectivity index (χ3n) is 1.77. The van der Waals surface area contributed by atoms with Crippen molar-refractivity contribution >= 4 is 29.4 Å². The molecule has 0 aliphatic carbocycles. The second-order valence-corrected chi connectivity index (χ2v) is 3.12. The van der Waals surface area contributed by atoms with E-state index in [-0.39, 0.29) is 5.91 Å². The van der Waals surface area contributed by atoms with Gasteiger partial charge in [-0.2, -0.15) is 5.10 Å². The first-order valence-electron chi connectivity index (χ1n) is 3.88. The van der Waals surface area contributed by atoms with E-state index in [2.05, 4.69) is 5.10 Å². The van der Waals surface area contributed by atoms with Gasteiger partial charge in [-0.25, -0.2) is 5.01 Å². The maximum absolute atomic E-state index is 11.2. The predicted octanol–water partition coefficient (Wildman–Crippen LogP) is 2.06. The van der Waals surface area contributed by atoms with Gasteiger partial charge in [0.15, 0.2) is 0 Å². The average molecular weight is 195 g/mol. The second kappa shape index (κ2) is 3.18. The zero-order valence-corrected chi connectivity index (χ0v) is 7.53. The molecule has 13 heavy (non-hydrogen) atoms. The highest BCUT2D eigenvalue weighted by molar-refractivity contribution is 6.30. The summed E-state index contributed by atoms with van der Waals surface area (Å²) in [6.45, 7) is 0. The number of rotatable bonds is 1. The SMILES string of the molecule is O=C1CC=NN1c1ccc(Cl)cc1. The minimum Gasteiger partial charge on any atom is -0.272 e. The number of hydrazone groups is 1. The van der Waals surface area contributed by atoms with E-state index in [9.17, 15) is 4.79 Å². The number of benzene rings is 1. The zero-order chi connectivity index (χ0) is 9.26.